The predicted molar refractivity (Wildman–Crippen MR) is 116 cm³/mol. The Kier molecular flexibility index (Phi) is 5.88. The Hall–Kier alpha value is -3.09. The van der Waals surface area contributed by atoms with Crippen LogP contribution in [0.1, 0.15) is 48.4 Å². The number of nitrogens with one attached hydrogen (secondary N) is 2. The highest BCUT2D eigenvalue weighted by Crippen LogP contribution is 2.20. The Balaban J connectivity index is 1.30. The highest BCUT2D eigenvalue weighted by molar-refractivity contribution is 5.92. The molecule has 0 radical (unpaired) electrons. The zero-order valence-electron chi connectivity index (χ0n) is 17.6. The van der Waals surface area contributed by atoms with E-state index in [-0.39, 0.29) is 11.8 Å². The lowest BCUT2D eigenvalue weighted by Crippen LogP contribution is -2.38. The van der Waals surface area contributed by atoms with Gasteiger partial charge in [-0.2, -0.15) is 5.10 Å². The van der Waals surface area contributed by atoms with Crippen LogP contribution < -0.4 is 5.32 Å². The maximum Gasteiger partial charge on any atom is 0.271 e. The topological polar surface area (TPSA) is 83.0 Å². The number of carbonyl (C=O) groups is 2. The maximum absolute atomic E-state index is 12.7. The van der Waals surface area contributed by atoms with Crippen LogP contribution in [-0.4, -0.2) is 44.6 Å². The summed E-state index contributed by atoms with van der Waals surface area (Å²) < 4.78 is 1.85. The van der Waals surface area contributed by atoms with Crippen LogP contribution in [0, 0.1) is 5.92 Å². The SMILES string of the molecule is CC(C)CNC(=O)c1cc2n(n1)CCN(C(=O)CCCc1c[nH]c3ccccc13)C2. The number of aromatic amines is 1. The second-order valence-corrected chi connectivity index (χ2v) is 8.38. The van der Waals surface area contributed by atoms with Crippen LogP contribution in [0.2, 0.25) is 0 Å². The number of rotatable bonds is 7. The molecule has 0 saturated carbocycles. The van der Waals surface area contributed by atoms with Crippen molar-refractivity contribution in [3.8, 4) is 0 Å². The van der Waals surface area contributed by atoms with Crippen LogP contribution >= 0.6 is 0 Å². The molecule has 1 aromatic carbocycles. The minimum absolute atomic E-state index is 0.151. The van der Waals surface area contributed by atoms with Gasteiger partial charge < -0.3 is 15.2 Å². The molecule has 3 heterocycles. The van der Waals surface area contributed by atoms with E-state index < -0.39 is 0 Å². The lowest BCUT2D eigenvalue weighted by molar-refractivity contribution is -0.132. The number of aryl methyl sites for hydroxylation is 1. The molecule has 0 bridgehead atoms. The highest BCUT2D eigenvalue weighted by atomic mass is 16.2. The second-order valence-electron chi connectivity index (χ2n) is 8.38. The summed E-state index contributed by atoms with van der Waals surface area (Å²) in [5, 5.41) is 8.54. The fourth-order valence-electron chi connectivity index (χ4n) is 3.90. The summed E-state index contributed by atoms with van der Waals surface area (Å²) in [6.07, 6.45) is 4.26. The number of hydrogen-bond donors (Lipinski definition) is 2. The van der Waals surface area contributed by atoms with Crippen molar-refractivity contribution in [2.75, 3.05) is 13.1 Å². The molecule has 158 valence electrons. The molecule has 0 atom stereocenters. The van der Waals surface area contributed by atoms with E-state index in [1.165, 1.54) is 10.9 Å². The Labute approximate surface area is 176 Å². The lowest BCUT2D eigenvalue weighted by Gasteiger charge is -2.27. The predicted octanol–water partition coefficient (Wildman–Crippen LogP) is 3.12. The third-order valence-electron chi connectivity index (χ3n) is 5.57. The molecule has 0 unspecified atom stereocenters. The van der Waals surface area contributed by atoms with Gasteiger partial charge in [0.15, 0.2) is 5.69 Å². The van der Waals surface area contributed by atoms with E-state index in [0.29, 0.717) is 44.2 Å². The molecule has 2 aromatic heterocycles. The Bertz CT molecular complexity index is 1050. The first kappa shape index (κ1) is 20.2. The first-order chi connectivity index (χ1) is 14.5. The Morgan fingerprint density at radius 1 is 1.23 bits per heavy atom. The lowest BCUT2D eigenvalue weighted by atomic mass is 10.1. The van der Waals surface area contributed by atoms with E-state index in [4.69, 9.17) is 0 Å². The summed E-state index contributed by atoms with van der Waals surface area (Å²) in [5.41, 5.74) is 3.74. The minimum atomic E-state index is -0.151. The van der Waals surface area contributed by atoms with E-state index in [9.17, 15) is 9.59 Å². The van der Waals surface area contributed by atoms with Crippen molar-refractivity contribution in [2.45, 2.75) is 46.2 Å². The Morgan fingerprint density at radius 3 is 2.90 bits per heavy atom. The molecule has 2 amide bonds. The van der Waals surface area contributed by atoms with Gasteiger partial charge in [-0.3, -0.25) is 14.3 Å². The van der Waals surface area contributed by atoms with E-state index in [0.717, 1.165) is 24.1 Å². The van der Waals surface area contributed by atoms with Crippen molar-refractivity contribution in [2.24, 2.45) is 5.92 Å². The van der Waals surface area contributed by atoms with Gasteiger partial charge in [0.05, 0.1) is 18.8 Å². The minimum Gasteiger partial charge on any atom is -0.361 e. The summed E-state index contributed by atoms with van der Waals surface area (Å²) in [4.78, 5) is 30.2. The van der Waals surface area contributed by atoms with Gasteiger partial charge >= 0.3 is 0 Å². The van der Waals surface area contributed by atoms with E-state index in [1.54, 1.807) is 6.07 Å². The first-order valence-electron chi connectivity index (χ1n) is 10.7. The van der Waals surface area contributed by atoms with Crippen molar-refractivity contribution < 1.29 is 9.59 Å². The molecule has 0 fully saturated rings. The van der Waals surface area contributed by atoms with Crippen molar-refractivity contribution in [3.63, 3.8) is 0 Å². The summed E-state index contributed by atoms with van der Waals surface area (Å²) in [7, 11) is 0. The van der Waals surface area contributed by atoms with Crippen LogP contribution in [0.3, 0.4) is 0 Å². The molecule has 7 nitrogen and oxygen atoms in total. The van der Waals surface area contributed by atoms with E-state index in [1.807, 2.05) is 27.9 Å². The van der Waals surface area contributed by atoms with E-state index in [2.05, 4.69) is 41.4 Å². The summed E-state index contributed by atoms with van der Waals surface area (Å²) in [6, 6.07) is 10.1. The van der Waals surface area contributed by atoms with Gasteiger partial charge in [-0.05, 0) is 36.5 Å². The number of H-pyrrole nitrogens is 1. The zero-order valence-corrected chi connectivity index (χ0v) is 17.6. The number of para-hydroxylation sites is 1. The zero-order chi connectivity index (χ0) is 21.1. The first-order valence-corrected chi connectivity index (χ1v) is 10.7. The second kappa shape index (κ2) is 8.73. The van der Waals surface area contributed by atoms with Gasteiger partial charge in [0.2, 0.25) is 5.91 Å². The molecular formula is C23H29N5O2. The third kappa shape index (κ3) is 4.40. The van der Waals surface area contributed by atoms with Crippen molar-refractivity contribution in [1.82, 2.24) is 25.0 Å². The maximum atomic E-state index is 12.7. The number of aromatic nitrogens is 3. The number of nitrogens with zero attached hydrogens (tertiary/aromatic N) is 3. The van der Waals surface area contributed by atoms with Crippen LogP contribution in [0.15, 0.2) is 36.5 Å². The molecule has 0 spiro atoms. The molecule has 1 aliphatic heterocycles. The van der Waals surface area contributed by atoms with Crippen LogP contribution in [0.5, 0.6) is 0 Å². The number of amides is 2. The number of carbonyl (C=O) groups excluding carboxylic acids is 2. The van der Waals surface area contributed by atoms with Crippen molar-refractivity contribution >= 4 is 22.7 Å². The number of hydrogen-bond acceptors (Lipinski definition) is 3. The van der Waals surface area contributed by atoms with Gasteiger partial charge in [-0.15, -0.1) is 0 Å². The summed E-state index contributed by atoms with van der Waals surface area (Å²) in [5.74, 6) is 0.402. The number of benzene rings is 1. The van der Waals surface area contributed by atoms with Gasteiger partial charge in [0, 0.05) is 36.6 Å². The normalized spacial score (nSPS) is 13.6. The quantitative estimate of drug-likeness (QED) is 0.631. The van der Waals surface area contributed by atoms with E-state index >= 15 is 0 Å². The molecule has 7 heteroatoms. The van der Waals surface area contributed by atoms with Crippen molar-refractivity contribution in [3.05, 3.63) is 53.5 Å². The molecule has 0 aliphatic carbocycles. The van der Waals surface area contributed by atoms with Gasteiger partial charge in [-0.1, -0.05) is 32.0 Å². The summed E-state index contributed by atoms with van der Waals surface area (Å²) >= 11 is 0. The Morgan fingerprint density at radius 2 is 2.07 bits per heavy atom. The summed E-state index contributed by atoms with van der Waals surface area (Å²) in [6.45, 7) is 6.51. The molecule has 2 N–H and O–H groups in total. The smallest absolute Gasteiger partial charge is 0.271 e. The fourth-order valence-corrected chi connectivity index (χ4v) is 3.90. The highest BCUT2D eigenvalue weighted by Gasteiger charge is 2.23. The molecule has 30 heavy (non-hydrogen) atoms. The van der Waals surface area contributed by atoms with Crippen molar-refractivity contribution in [1.29, 1.82) is 0 Å². The number of fused-ring (bicyclic) bond motifs is 2. The molecule has 0 saturated heterocycles. The van der Waals surface area contributed by atoms with Gasteiger partial charge in [0.25, 0.3) is 5.91 Å². The largest absolute Gasteiger partial charge is 0.361 e. The average molecular weight is 408 g/mol. The molecule has 1 aliphatic rings. The molecular weight excluding hydrogens is 378 g/mol. The standard InChI is InChI=1S/C23H29N5O2/c1-16(2)13-25-23(30)21-12-18-15-27(10-11-28(18)26-21)22(29)9-5-6-17-14-24-20-8-4-3-7-19(17)20/h3-4,7-8,12,14,16,24H,5-6,9-11,13,15H2,1-2H3,(H,25,30). The van der Waals surface area contributed by atoms with Crippen LogP contribution in [0.4, 0.5) is 0 Å². The van der Waals surface area contributed by atoms with Gasteiger partial charge in [0.1, 0.15) is 0 Å². The average Bonchev–Trinajstić information content (AvgIpc) is 3.35. The van der Waals surface area contributed by atoms with Gasteiger partial charge in [-0.25, -0.2) is 0 Å². The molecule has 3 aromatic rings. The fraction of sp³-hybridized carbons (Fsp3) is 0.435. The molecule has 4 rings (SSSR count). The third-order valence-corrected chi connectivity index (χ3v) is 5.57. The van der Waals surface area contributed by atoms with Crippen LogP contribution in [-0.2, 0) is 24.3 Å². The van der Waals surface area contributed by atoms with Crippen LogP contribution in [0.25, 0.3) is 10.9 Å². The monoisotopic (exact) mass is 407 g/mol.